The van der Waals surface area contributed by atoms with Crippen molar-refractivity contribution in [1.29, 1.82) is 0 Å². The van der Waals surface area contributed by atoms with Gasteiger partial charge in [0.1, 0.15) is 5.60 Å². The molecule has 2 aromatic rings. The van der Waals surface area contributed by atoms with Gasteiger partial charge in [0.05, 0.1) is 0 Å². The number of fused-ring (bicyclic) bond motifs is 1. The maximum absolute atomic E-state index is 11.6. The van der Waals surface area contributed by atoms with Crippen molar-refractivity contribution >= 4 is 17.0 Å². The van der Waals surface area contributed by atoms with Gasteiger partial charge in [0.15, 0.2) is 0 Å². The lowest BCUT2D eigenvalue weighted by Crippen LogP contribution is -2.33. The molecule has 1 heterocycles. The van der Waals surface area contributed by atoms with Crippen LogP contribution < -0.4 is 5.32 Å². The topological polar surface area (TPSA) is 54.1 Å². The molecule has 1 amide bonds. The summed E-state index contributed by atoms with van der Waals surface area (Å²) in [5.74, 6) is 0. The number of aromatic nitrogens is 1. The van der Waals surface area contributed by atoms with Crippen molar-refractivity contribution in [1.82, 2.24) is 10.3 Å². The largest absolute Gasteiger partial charge is 0.444 e. The van der Waals surface area contributed by atoms with E-state index in [0.717, 1.165) is 11.9 Å². The van der Waals surface area contributed by atoms with Crippen LogP contribution in [-0.2, 0) is 11.2 Å². The van der Waals surface area contributed by atoms with Crippen LogP contribution in [0.4, 0.5) is 4.79 Å². The standard InChI is InChI=1S/C16H22N2O2/c1-11-6-5-7-13-14(11)12(10-18-13)8-9-17-15(19)20-16(2,3)4/h5-7,10,18H,8-9H2,1-4H3,(H,17,19). The summed E-state index contributed by atoms with van der Waals surface area (Å²) >= 11 is 0. The van der Waals surface area contributed by atoms with Crippen LogP contribution in [0.5, 0.6) is 0 Å². The normalized spacial score (nSPS) is 11.6. The molecule has 2 rings (SSSR count). The molecule has 108 valence electrons. The average molecular weight is 274 g/mol. The van der Waals surface area contributed by atoms with Gasteiger partial charge in [-0.05, 0) is 51.3 Å². The first kappa shape index (κ1) is 14.4. The van der Waals surface area contributed by atoms with Crippen molar-refractivity contribution < 1.29 is 9.53 Å². The molecule has 0 atom stereocenters. The van der Waals surface area contributed by atoms with E-state index in [1.165, 1.54) is 16.5 Å². The van der Waals surface area contributed by atoms with Crippen LogP contribution >= 0.6 is 0 Å². The van der Waals surface area contributed by atoms with Gasteiger partial charge in [0.25, 0.3) is 0 Å². The van der Waals surface area contributed by atoms with Crippen LogP contribution in [0.2, 0.25) is 0 Å². The monoisotopic (exact) mass is 274 g/mol. The molecule has 0 saturated carbocycles. The predicted octanol–water partition coefficient (Wildman–Crippen LogP) is 3.54. The molecule has 20 heavy (non-hydrogen) atoms. The van der Waals surface area contributed by atoms with E-state index in [1.54, 1.807) is 0 Å². The minimum atomic E-state index is -0.457. The van der Waals surface area contributed by atoms with Crippen LogP contribution in [0.15, 0.2) is 24.4 Å². The number of benzene rings is 1. The van der Waals surface area contributed by atoms with Crippen molar-refractivity contribution in [3.05, 3.63) is 35.5 Å². The lowest BCUT2D eigenvalue weighted by atomic mass is 10.1. The quantitative estimate of drug-likeness (QED) is 0.899. The van der Waals surface area contributed by atoms with E-state index >= 15 is 0 Å². The van der Waals surface area contributed by atoms with Gasteiger partial charge in [-0.3, -0.25) is 0 Å². The number of alkyl carbamates (subject to hydrolysis) is 1. The molecule has 0 radical (unpaired) electrons. The molecule has 0 bridgehead atoms. The van der Waals surface area contributed by atoms with E-state index < -0.39 is 5.60 Å². The number of H-pyrrole nitrogens is 1. The minimum Gasteiger partial charge on any atom is -0.444 e. The van der Waals surface area contributed by atoms with E-state index in [4.69, 9.17) is 4.74 Å². The molecule has 1 aromatic carbocycles. The van der Waals surface area contributed by atoms with Gasteiger partial charge in [-0.25, -0.2) is 4.79 Å². The molecule has 0 saturated heterocycles. The van der Waals surface area contributed by atoms with Crippen LogP contribution in [-0.4, -0.2) is 23.2 Å². The zero-order valence-electron chi connectivity index (χ0n) is 12.5. The number of aromatic amines is 1. The first-order valence-corrected chi connectivity index (χ1v) is 6.89. The Balaban J connectivity index is 1.95. The highest BCUT2D eigenvalue weighted by Gasteiger charge is 2.15. The fourth-order valence-electron chi connectivity index (χ4n) is 2.26. The van der Waals surface area contributed by atoms with Gasteiger partial charge in [0.2, 0.25) is 0 Å². The summed E-state index contributed by atoms with van der Waals surface area (Å²) in [4.78, 5) is 14.8. The summed E-state index contributed by atoms with van der Waals surface area (Å²) in [7, 11) is 0. The molecule has 0 aliphatic heterocycles. The Labute approximate surface area is 119 Å². The number of hydrogen-bond donors (Lipinski definition) is 2. The maximum Gasteiger partial charge on any atom is 0.407 e. The second-order valence-electron chi connectivity index (χ2n) is 5.99. The molecule has 0 fully saturated rings. The Morgan fingerprint density at radius 3 is 2.80 bits per heavy atom. The molecule has 2 N–H and O–H groups in total. The Morgan fingerprint density at radius 2 is 2.10 bits per heavy atom. The Bertz CT molecular complexity index is 608. The maximum atomic E-state index is 11.6. The highest BCUT2D eigenvalue weighted by Crippen LogP contribution is 2.22. The molecule has 4 nitrogen and oxygen atoms in total. The lowest BCUT2D eigenvalue weighted by Gasteiger charge is -2.19. The first-order valence-electron chi connectivity index (χ1n) is 6.89. The Hall–Kier alpha value is -1.97. The molecule has 1 aromatic heterocycles. The SMILES string of the molecule is Cc1cccc2[nH]cc(CCNC(=O)OC(C)(C)C)c12. The zero-order valence-corrected chi connectivity index (χ0v) is 12.5. The number of amides is 1. The fraction of sp³-hybridized carbons (Fsp3) is 0.438. The van der Waals surface area contributed by atoms with E-state index in [2.05, 4.69) is 29.4 Å². The van der Waals surface area contributed by atoms with Crippen molar-refractivity contribution in [3.63, 3.8) is 0 Å². The molecular weight excluding hydrogens is 252 g/mol. The molecule has 0 aliphatic carbocycles. The third-order valence-electron chi connectivity index (χ3n) is 3.06. The van der Waals surface area contributed by atoms with Gasteiger partial charge in [0, 0.05) is 23.6 Å². The van der Waals surface area contributed by atoms with Gasteiger partial charge in [-0.15, -0.1) is 0 Å². The van der Waals surface area contributed by atoms with E-state index in [-0.39, 0.29) is 6.09 Å². The molecular formula is C16H22N2O2. The van der Waals surface area contributed by atoms with Crippen LogP contribution in [0.1, 0.15) is 31.9 Å². The van der Waals surface area contributed by atoms with Crippen molar-refractivity contribution in [3.8, 4) is 0 Å². The summed E-state index contributed by atoms with van der Waals surface area (Å²) in [5, 5.41) is 4.04. The second-order valence-corrected chi connectivity index (χ2v) is 5.99. The highest BCUT2D eigenvalue weighted by atomic mass is 16.6. The third-order valence-corrected chi connectivity index (χ3v) is 3.06. The molecule has 0 aliphatic rings. The van der Waals surface area contributed by atoms with Crippen LogP contribution in [0, 0.1) is 6.92 Å². The predicted molar refractivity (Wildman–Crippen MR) is 81.0 cm³/mol. The number of hydrogen-bond acceptors (Lipinski definition) is 2. The molecule has 4 heteroatoms. The van der Waals surface area contributed by atoms with Crippen molar-refractivity contribution in [2.75, 3.05) is 6.54 Å². The molecule has 0 unspecified atom stereocenters. The minimum absolute atomic E-state index is 0.367. The van der Waals surface area contributed by atoms with E-state index in [9.17, 15) is 4.79 Å². The van der Waals surface area contributed by atoms with Gasteiger partial charge in [-0.1, -0.05) is 12.1 Å². The average Bonchev–Trinajstić information content (AvgIpc) is 2.71. The summed E-state index contributed by atoms with van der Waals surface area (Å²) in [5.41, 5.74) is 3.14. The Morgan fingerprint density at radius 1 is 1.35 bits per heavy atom. The van der Waals surface area contributed by atoms with Gasteiger partial charge >= 0.3 is 6.09 Å². The van der Waals surface area contributed by atoms with Crippen LogP contribution in [0.25, 0.3) is 10.9 Å². The molecule has 0 spiro atoms. The Kier molecular flexibility index (Phi) is 4.02. The number of rotatable bonds is 3. The zero-order chi connectivity index (χ0) is 14.8. The second kappa shape index (κ2) is 5.57. The number of ether oxygens (including phenoxy) is 1. The van der Waals surface area contributed by atoms with E-state index in [1.807, 2.05) is 33.0 Å². The fourth-order valence-corrected chi connectivity index (χ4v) is 2.26. The van der Waals surface area contributed by atoms with Crippen LogP contribution in [0.3, 0.4) is 0 Å². The van der Waals surface area contributed by atoms with Gasteiger partial charge < -0.3 is 15.0 Å². The third kappa shape index (κ3) is 3.53. The number of nitrogens with one attached hydrogen (secondary N) is 2. The van der Waals surface area contributed by atoms with Crippen molar-refractivity contribution in [2.24, 2.45) is 0 Å². The summed E-state index contributed by atoms with van der Waals surface area (Å²) < 4.78 is 5.21. The van der Waals surface area contributed by atoms with Crippen molar-refractivity contribution in [2.45, 2.75) is 39.7 Å². The van der Waals surface area contributed by atoms with E-state index in [0.29, 0.717) is 6.54 Å². The number of carbonyl (C=O) groups excluding carboxylic acids is 1. The smallest absolute Gasteiger partial charge is 0.407 e. The summed E-state index contributed by atoms with van der Waals surface area (Å²) in [6, 6.07) is 6.20. The summed E-state index contributed by atoms with van der Waals surface area (Å²) in [6.07, 6.45) is 2.42. The number of aryl methyl sites for hydroxylation is 1. The highest BCUT2D eigenvalue weighted by molar-refractivity contribution is 5.86. The lowest BCUT2D eigenvalue weighted by molar-refractivity contribution is 0.0528. The summed E-state index contributed by atoms with van der Waals surface area (Å²) in [6.45, 7) is 8.23. The number of carbonyl (C=O) groups is 1. The van der Waals surface area contributed by atoms with Gasteiger partial charge in [-0.2, -0.15) is 0 Å². The first-order chi connectivity index (χ1) is 9.37.